The average molecular weight is 482 g/mol. The van der Waals surface area contributed by atoms with Gasteiger partial charge >= 0.3 is 5.97 Å². The molecular formula is C22H26O12. The zero-order valence-corrected chi connectivity index (χ0v) is 17.8. The van der Waals surface area contributed by atoms with E-state index < -0.39 is 85.8 Å². The quantitative estimate of drug-likeness (QED) is 0.193. The van der Waals surface area contributed by atoms with Gasteiger partial charge in [-0.3, -0.25) is 0 Å². The highest BCUT2D eigenvalue weighted by molar-refractivity contribution is 5.89. The summed E-state index contributed by atoms with van der Waals surface area (Å²) in [5.41, 5.74) is -0.907. The molecule has 5 rings (SSSR count). The van der Waals surface area contributed by atoms with Crippen molar-refractivity contribution in [2.45, 2.75) is 54.8 Å². The molecule has 1 aromatic rings. The summed E-state index contributed by atoms with van der Waals surface area (Å²) in [5.74, 6) is -1.78. The predicted molar refractivity (Wildman–Crippen MR) is 108 cm³/mol. The molecule has 0 aromatic heterocycles. The Hall–Kier alpha value is -2.29. The predicted octanol–water partition coefficient (Wildman–Crippen LogP) is -2.02. The zero-order chi connectivity index (χ0) is 24.2. The topological polar surface area (TPSA) is 188 Å². The molecule has 3 aliphatic heterocycles. The van der Waals surface area contributed by atoms with Crippen molar-refractivity contribution in [3.05, 3.63) is 42.2 Å². The molecular weight excluding hydrogens is 456 g/mol. The molecule has 186 valence electrons. The van der Waals surface area contributed by atoms with E-state index in [1.165, 1.54) is 30.5 Å². The first-order valence-corrected chi connectivity index (χ1v) is 10.9. The van der Waals surface area contributed by atoms with Crippen molar-refractivity contribution in [2.75, 3.05) is 13.2 Å². The van der Waals surface area contributed by atoms with Crippen molar-refractivity contribution in [3.8, 4) is 5.75 Å². The number of phenolic OH excluding ortho intramolecular Hbond substituents is 1. The van der Waals surface area contributed by atoms with Crippen LogP contribution in [0.2, 0.25) is 0 Å². The fourth-order valence-electron chi connectivity index (χ4n) is 5.08. The van der Waals surface area contributed by atoms with Gasteiger partial charge in [-0.05, 0) is 30.3 Å². The Morgan fingerprint density at radius 2 is 1.76 bits per heavy atom. The van der Waals surface area contributed by atoms with Gasteiger partial charge in [-0.2, -0.15) is 0 Å². The molecule has 0 bridgehead atoms. The number of benzene rings is 1. The molecule has 1 saturated carbocycles. The molecule has 0 radical (unpaired) electrons. The zero-order valence-electron chi connectivity index (χ0n) is 17.8. The fourth-order valence-corrected chi connectivity index (χ4v) is 5.08. The van der Waals surface area contributed by atoms with Crippen LogP contribution in [0.3, 0.4) is 0 Å². The van der Waals surface area contributed by atoms with Gasteiger partial charge in [0.1, 0.15) is 48.0 Å². The number of fused-ring (bicyclic) bond motifs is 3. The number of aromatic hydroxyl groups is 1. The van der Waals surface area contributed by atoms with E-state index in [4.69, 9.17) is 23.7 Å². The van der Waals surface area contributed by atoms with E-state index in [0.29, 0.717) is 0 Å². The molecule has 2 saturated heterocycles. The average Bonchev–Trinajstić information content (AvgIpc) is 3.52. The number of carbonyl (C=O) groups is 1. The van der Waals surface area contributed by atoms with Gasteiger partial charge in [0.15, 0.2) is 6.29 Å². The molecule has 1 aromatic carbocycles. The van der Waals surface area contributed by atoms with Crippen LogP contribution in [0.25, 0.3) is 0 Å². The number of phenols is 1. The van der Waals surface area contributed by atoms with Crippen molar-refractivity contribution in [2.24, 2.45) is 11.8 Å². The summed E-state index contributed by atoms with van der Waals surface area (Å²) in [6.45, 7) is -1.04. The van der Waals surface area contributed by atoms with Crippen molar-refractivity contribution < 1.29 is 59.1 Å². The van der Waals surface area contributed by atoms with Crippen LogP contribution in [0.4, 0.5) is 0 Å². The van der Waals surface area contributed by atoms with Crippen LogP contribution < -0.4 is 0 Å². The van der Waals surface area contributed by atoms with Crippen LogP contribution >= 0.6 is 0 Å². The van der Waals surface area contributed by atoms with Gasteiger partial charge in [-0.1, -0.05) is 0 Å². The summed E-state index contributed by atoms with van der Waals surface area (Å²) in [5, 5.41) is 59.3. The lowest BCUT2D eigenvalue weighted by Crippen LogP contribution is -2.60. The molecule has 12 nitrogen and oxygen atoms in total. The lowest BCUT2D eigenvalue weighted by atomic mass is 9.85. The van der Waals surface area contributed by atoms with Crippen molar-refractivity contribution in [1.29, 1.82) is 0 Å². The molecule has 12 heteroatoms. The maximum Gasteiger partial charge on any atom is 0.338 e. The van der Waals surface area contributed by atoms with Crippen LogP contribution in [0.15, 0.2) is 36.6 Å². The number of rotatable bonds is 6. The van der Waals surface area contributed by atoms with E-state index >= 15 is 0 Å². The second-order valence-corrected chi connectivity index (χ2v) is 8.84. The van der Waals surface area contributed by atoms with E-state index in [2.05, 4.69) is 0 Å². The van der Waals surface area contributed by atoms with E-state index in [1.54, 1.807) is 6.08 Å². The molecule has 4 aliphatic rings. The number of carbonyl (C=O) groups excluding carboxylic acids is 1. The van der Waals surface area contributed by atoms with Gasteiger partial charge < -0.3 is 54.3 Å². The highest BCUT2D eigenvalue weighted by atomic mass is 16.8. The first kappa shape index (κ1) is 23.5. The van der Waals surface area contributed by atoms with Gasteiger partial charge in [0.25, 0.3) is 0 Å². The lowest BCUT2D eigenvalue weighted by molar-refractivity contribution is -0.344. The Kier molecular flexibility index (Phi) is 6.02. The Balaban J connectivity index is 1.34. The number of aliphatic hydroxyl groups is 5. The second-order valence-electron chi connectivity index (χ2n) is 8.84. The molecule has 3 fully saturated rings. The summed E-state index contributed by atoms with van der Waals surface area (Å²) in [4.78, 5) is 12.7. The van der Waals surface area contributed by atoms with Gasteiger partial charge in [-0.25, -0.2) is 4.79 Å². The standard InChI is InChI=1S/C22H26O12/c23-7-12-14(26)15(27)16(28)21(31-12)33-20-13-11(5-6-30-20)17(18-22(13,8-24)34-18)32-19(29)9-1-3-10(25)4-2-9/h1-6,11-18,20-21,23-28H,7-8H2/t11-,12-,13-,14-,15+,16-,17-,18+,20+,21+,22-/m1/s1. The van der Waals surface area contributed by atoms with Crippen molar-refractivity contribution in [3.63, 3.8) is 0 Å². The summed E-state index contributed by atoms with van der Waals surface area (Å²) in [7, 11) is 0. The SMILES string of the molecule is O=C(O[C@@H]1[C@@H]2C=CO[C@@H](O[C@@H]3O[C@H](CO)[C@@H](O)[C@H](O)[C@H]3O)[C@@H]2[C@@]2(CO)O[C@@H]12)c1ccc(O)cc1. The largest absolute Gasteiger partial charge is 0.508 e. The smallest absolute Gasteiger partial charge is 0.338 e. The summed E-state index contributed by atoms with van der Waals surface area (Å²) in [6, 6.07) is 5.56. The molecule has 3 heterocycles. The molecule has 1 aliphatic carbocycles. The first-order chi connectivity index (χ1) is 16.3. The van der Waals surface area contributed by atoms with Gasteiger partial charge in [0.05, 0.1) is 31.0 Å². The minimum Gasteiger partial charge on any atom is -0.508 e. The summed E-state index contributed by atoms with van der Waals surface area (Å²) < 4.78 is 28.3. The van der Waals surface area contributed by atoms with Crippen LogP contribution in [0, 0.1) is 11.8 Å². The van der Waals surface area contributed by atoms with E-state index in [1.807, 2.05) is 0 Å². The minimum absolute atomic E-state index is 0.00264. The molecule has 11 atom stereocenters. The maximum atomic E-state index is 12.7. The van der Waals surface area contributed by atoms with E-state index in [0.717, 1.165) is 0 Å². The Morgan fingerprint density at radius 3 is 2.44 bits per heavy atom. The highest BCUT2D eigenvalue weighted by Crippen LogP contribution is 2.60. The monoisotopic (exact) mass is 482 g/mol. The normalized spacial score (nSPS) is 44.6. The van der Waals surface area contributed by atoms with Crippen LogP contribution in [-0.2, 0) is 23.7 Å². The maximum absolute atomic E-state index is 12.7. The molecule has 0 amide bonds. The van der Waals surface area contributed by atoms with Crippen LogP contribution in [0.1, 0.15) is 10.4 Å². The summed E-state index contributed by atoms with van der Waals surface area (Å²) in [6.07, 6.45) is -6.99. The molecule has 34 heavy (non-hydrogen) atoms. The summed E-state index contributed by atoms with van der Waals surface area (Å²) >= 11 is 0. The molecule has 6 N–H and O–H groups in total. The number of ether oxygens (including phenoxy) is 5. The van der Waals surface area contributed by atoms with Gasteiger partial charge in [-0.15, -0.1) is 0 Å². The van der Waals surface area contributed by atoms with Crippen molar-refractivity contribution >= 4 is 5.97 Å². The Labute approximate surface area is 193 Å². The highest BCUT2D eigenvalue weighted by Gasteiger charge is 2.77. The van der Waals surface area contributed by atoms with Gasteiger partial charge in [0, 0.05) is 5.92 Å². The van der Waals surface area contributed by atoms with E-state index in [9.17, 15) is 35.4 Å². The second kappa shape index (κ2) is 8.73. The molecule has 0 spiro atoms. The molecule has 0 unspecified atom stereocenters. The number of epoxide rings is 1. The third kappa shape index (κ3) is 3.67. The van der Waals surface area contributed by atoms with Crippen LogP contribution in [-0.4, -0.2) is 105 Å². The Morgan fingerprint density at radius 1 is 1.03 bits per heavy atom. The van der Waals surface area contributed by atoms with Gasteiger partial charge in [0.2, 0.25) is 6.29 Å². The van der Waals surface area contributed by atoms with Crippen LogP contribution in [0.5, 0.6) is 5.75 Å². The fraction of sp³-hybridized carbons (Fsp3) is 0.591. The Bertz CT molecular complexity index is 934. The third-order valence-corrected chi connectivity index (χ3v) is 6.94. The third-order valence-electron chi connectivity index (χ3n) is 6.94. The lowest BCUT2D eigenvalue weighted by Gasteiger charge is -2.43. The number of esters is 1. The minimum atomic E-state index is -1.64. The number of aliphatic hydroxyl groups excluding tert-OH is 5. The van der Waals surface area contributed by atoms with E-state index in [-0.39, 0.29) is 11.3 Å². The number of hydrogen-bond acceptors (Lipinski definition) is 12. The first-order valence-electron chi connectivity index (χ1n) is 10.9. The number of hydrogen-bond donors (Lipinski definition) is 6. The van der Waals surface area contributed by atoms with Crippen molar-refractivity contribution in [1.82, 2.24) is 0 Å².